The summed E-state index contributed by atoms with van der Waals surface area (Å²) in [6.07, 6.45) is 0. The van der Waals surface area contributed by atoms with Gasteiger partial charge in [0.25, 0.3) is 5.67 Å². The average Bonchev–Trinajstić information content (AvgIpc) is 2.43. The summed E-state index contributed by atoms with van der Waals surface area (Å²) in [5, 5.41) is 10.8. The molecule has 0 aromatic heterocycles. The van der Waals surface area contributed by atoms with Crippen LogP contribution in [0.1, 0.15) is 24.0 Å². The fourth-order valence-corrected chi connectivity index (χ4v) is 2.09. The Morgan fingerprint density at radius 3 is 2.29 bits per heavy atom. The summed E-state index contributed by atoms with van der Waals surface area (Å²) in [6, 6.07) is 6.17. The number of ether oxygens (including phenoxy) is 1. The molecule has 21 heavy (non-hydrogen) atoms. The normalized spacial score (nSPS) is 14.9. The molecule has 0 aliphatic carbocycles. The maximum Gasteiger partial charge on any atom is 0.352 e. The molecule has 114 valence electrons. The number of nitrogens with zero attached hydrogens (tertiary/aromatic N) is 1. The Kier molecular flexibility index (Phi) is 5.12. The molecule has 1 aromatic carbocycles. The maximum absolute atomic E-state index is 15.0. The molecule has 0 unspecified atom stereocenters. The molecule has 0 fully saturated rings. The number of carbonyl (C=O) groups is 2. The van der Waals surface area contributed by atoms with Gasteiger partial charge in [-0.2, -0.15) is 0 Å². The molecule has 0 saturated carbocycles. The first-order chi connectivity index (χ1) is 9.73. The van der Waals surface area contributed by atoms with Gasteiger partial charge in [0.05, 0.1) is 7.11 Å². The summed E-state index contributed by atoms with van der Waals surface area (Å²) < 4.78 is 19.3. The standard InChI is InChI=1S/C14H16FNO5/c1-9-4-6-11(7-5-9)12(8-16(19)20)14(15,10(2)17)13(18)21-3/h4-7,12H,8H2,1-3H3/t12-,14+/m1/s1. The molecular weight excluding hydrogens is 281 g/mol. The lowest BCUT2D eigenvalue weighted by atomic mass is 9.80. The van der Waals surface area contributed by atoms with Crippen molar-refractivity contribution in [1.82, 2.24) is 0 Å². The van der Waals surface area contributed by atoms with Crippen molar-refractivity contribution >= 4 is 11.8 Å². The number of alkyl halides is 1. The summed E-state index contributed by atoms with van der Waals surface area (Å²) in [5.41, 5.74) is -2.03. The van der Waals surface area contributed by atoms with E-state index in [1.165, 1.54) is 12.1 Å². The number of ketones is 1. The maximum atomic E-state index is 15.0. The van der Waals surface area contributed by atoms with Crippen molar-refractivity contribution in [1.29, 1.82) is 0 Å². The summed E-state index contributed by atoms with van der Waals surface area (Å²) in [7, 11) is 0.929. The molecule has 1 aromatic rings. The average molecular weight is 297 g/mol. The van der Waals surface area contributed by atoms with Gasteiger partial charge in [0.1, 0.15) is 5.92 Å². The number of nitro groups is 1. The van der Waals surface area contributed by atoms with Gasteiger partial charge >= 0.3 is 5.97 Å². The van der Waals surface area contributed by atoms with E-state index in [1.54, 1.807) is 19.1 Å². The van der Waals surface area contributed by atoms with E-state index in [1.807, 2.05) is 0 Å². The summed E-state index contributed by atoms with van der Waals surface area (Å²) >= 11 is 0. The number of aryl methyl sites for hydroxylation is 1. The number of esters is 1. The lowest BCUT2D eigenvalue weighted by molar-refractivity contribution is -0.485. The van der Waals surface area contributed by atoms with Crippen LogP contribution in [-0.2, 0) is 14.3 Å². The lowest BCUT2D eigenvalue weighted by Gasteiger charge is -2.27. The zero-order chi connectivity index (χ0) is 16.2. The van der Waals surface area contributed by atoms with Crippen LogP contribution < -0.4 is 0 Å². The van der Waals surface area contributed by atoms with Crippen LogP contribution in [0, 0.1) is 17.0 Å². The molecule has 6 nitrogen and oxygen atoms in total. The quantitative estimate of drug-likeness (QED) is 0.346. The van der Waals surface area contributed by atoms with Crippen molar-refractivity contribution in [2.24, 2.45) is 0 Å². The van der Waals surface area contributed by atoms with Crippen LogP contribution >= 0.6 is 0 Å². The predicted octanol–water partition coefficient (Wildman–Crippen LogP) is 1.83. The van der Waals surface area contributed by atoms with Crippen LogP contribution in [-0.4, -0.2) is 36.0 Å². The zero-order valence-corrected chi connectivity index (χ0v) is 12.0. The fourth-order valence-electron chi connectivity index (χ4n) is 2.09. The second-order valence-corrected chi connectivity index (χ2v) is 4.74. The Balaban J connectivity index is 3.40. The largest absolute Gasteiger partial charge is 0.466 e. The molecule has 0 spiro atoms. The highest BCUT2D eigenvalue weighted by Crippen LogP contribution is 2.34. The minimum absolute atomic E-state index is 0.195. The lowest BCUT2D eigenvalue weighted by Crippen LogP contribution is -2.49. The summed E-state index contributed by atoms with van der Waals surface area (Å²) in [5.74, 6) is -4.10. The van der Waals surface area contributed by atoms with Gasteiger partial charge in [-0.25, -0.2) is 9.18 Å². The third kappa shape index (κ3) is 3.42. The molecule has 0 saturated heterocycles. The van der Waals surface area contributed by atoms with Crippen molar-refractivity contribution in [3.63, 3.8) is 0 Å². The Labute approximate surface area is 121 Å². The fraction of sp³-hybridized carbons (Fsp3) is 0.429. The number of hydrogen-bond donors (Lipinski definition) is 0. The number of methoxy groups -OCH3 is 1. The number of Topliss-reactive ketones (excluding diaryl/α,β-unsaturated/α-hetero) is 1. The summed E-state index contributed by atoms with van der Waals surface area (Å²) in [6.45, 7) is 1.77. The van der Waals surface area contributed by atoms with Gasteiger partial charge in [-0.05, 0) is 19.4 Å². The van der Waals surface area contributed by atoms with Crippen LogP contribution in [0.3, 0.4) is 0 Å². The van der Waals surface area contributed by atoms with E-state index in [0.29, 0.717) is 0 Å². The Bertz CT molecular complexity index is 557. The molecule has 7 heteroatoms. The van der Waals surface area contributed by atoms with Gasteiger partial charge in [-0.3, -0.25) is 14.9 Å². The highest BCUT2D eigenvalue weighted by atomic mass is 19.1. The molecule has 0 bridgehead atoms. The van der Waals surface area contributed by atoms with Crippen LogP contribution in [0.5, 0.6) is 0 Å². The Morgan fingerprint density at radius 2 is 1.90 bits per heavy atom. The first kappa shape index (κ1) is 16.7. The molecule has 0 heterocycles. The highest BCUT2D eigenvalue weighted by molar-refractivity contribution is 6.07. The van der Waals surface area contributed by atoms with Gasteiger partial charge in [-0.15, -0.1) is 0 Å². The molecular formula is C14H16FNO5. The smallest absolute Gasteiger partial charge is 0.352 e. The van der Waals surface area contributed by atoms with Crippen LogP contribution in [0.15, 0.2) is 24.3 Å². The van der Waals surface area contributed by atoms with Gasteiger partial charge in [0.2, 0.25) is 6.54 Å². The highest BCUT2D eigenvalue weighted by Gasteiger charge is 2.55. The van der Waals surface area contributed by atoms with Crippen LogP contribution in [0.25, 0.3) is 0 Å². The van der Waals surface area contributed by atoms with Crippen LogP contribution in [0.4, 0.5) is 4.39 Å². The van der Waals surface area contributed by atoms with Crippen molar-refractivity contribution in [2.45, 2.75) is 25.4 Å². The van der Waals surface area contributed by atoms with E-state index in [2.05, 4.69) is 4.74 Å². The van der Waals surface area contributed by atoms with E-state index in [-0.39, 0.29) is 5.56 Å². The SMILES string of the molecule is COC(=O)[C@](F)(C(C)=O)[C@H](C[N+](=O)[O-])c1ccc(C)cc1. The number of halogens is 1. The Morgan fingerprint density at radius 1 is 1.38 bits per heavy atom. The minimum atomic E-state index is -3.09. The second kappa shape index (κ2) is 6.43. The van der Waals surface area contributed by atoms with E-state index >= 15 is 0 Å². The van der Waals surface area contributed by atoms with E-state index in [4.69, 9.17) is 0 Å². The molecule has 0 aliphatic heterocycles. The monoisotopic (exact) mass is 297 g/mol. The molecule has 0 N–H and O–H groups in total. The van der Waals surface area contributed by atoms with Crippen molar-refractivity contribution < 1.29 is 23.6 Å². The third-order valence-corrected chi connectivity index (χ3v) is 3.29. The van der Waals surface area contributed by atoms with E-state index < -0.39 is 34.8 Å². The topological polar surface area (TPSA) is 86.5 Å². The predicted molar refractivity (Wildman–Crippen MR) is 72.3 cm³/mol. The molecule has 0 amide bonds. The van der Waals surface area contributed by atoms with Gasteiger partial charge in [0.15, 0.2) is 5.78 Å². The van der Waals surface area contributed by atoms with Crippen LogP contribution in [0.2, 0.25) is 0 Å². The van der Waals surface area contributed by atoms with Crippen molar-refractivity contribution in [2.75, 3.05) is 13.7 Å². The van der Waals surface area contributed by atoms with Gasteiger partial charge in [-0.1, -0.05) is 29.8 Å². The van der Waals surface area contributed by atoms with Crippen molar-refractivity contribution in [3.05, 3.63) is 45.5 Å². The molecule has 0 aliphatic rings. The first-order valence-corrected chi connectivity index (χ1v) is 6.20. The minimum Gasteiger partial charge on any atom is -0.466 e. The number of benzene rings is 1. The molecule has 1 rings (SSSR count). The molecule has 0 radical (unpaired) electrons. The second-order valence-electron chi connectivity index (χ2n) is 4.74. The first-order valence-electron chi connectivity index (χ1n) is 6.20. The van der Waals surface area contributed by atoms with E-state index in [0.717, 1.165) is 19.6 Å². The molecule has 2 atom stereocenters. The van der Waals surface area contributed by atoms with E-state index in [9.17, 15) is 24.1 Å². The van der Waals surface area contributed by atoms with Gasteiger partial charge < -0.3 is 4.74 Å². The Hall–Kier alpha value is -2.31. The number of carbonyl (C=O) groups excluding carboxylic acids is 2. The number of hydrogen-bond acceptors (Lipinski definition) is 5. The number of rotatable bonds is 6. The zero-order valence-electron chi connectivity index (χ0n) is 12.0. The summed E-state index contributed by atoms with van der Waals surface area (Å²) in [4.78, 5) is 33.4. The van der Waals surface area contributed by atoms with Crippen molar-refractivity contribution in [3.8, 4) is 0 Å². The van der Waals surface area contributed by atoms with Gasteiger partial charge in [0, 0.05) is 4.92 Å². The third-order valence-electron chi connectivity index (χ3n) is 3.29.